The first-order valence-electron chi connectivity index (χ1n) is 5.36. The van der Waals surface area contributed by atoms with Crippen molar-refractivity contribution in [2.45, 2.75) is 51.1 Å². The number of halogens is 4. The van der Waals surface area contributed by atoms with Crippen molar-refractivity contribution >= 4 is 10.1 Å². The number of unbranched alkanes of at least 4 members (excludes halogenated alkanes) is 5. The van der Waals surface area contributed by atoms with Crippen molar-refractivity contribution in [2.75, 3.05) is 5.75 Å². The quantitative estimate of drug-likeness (QED) is 0.520. The molecule has 0 aliphatic heterocycles. The van der Waals surface area contributed by atoms with Gasteiger partial charge in [-0.1, -0.05) is 30.1 Å². The van der Waals surface area contributed by atoms with Gasteiger partial charge in [0.25, 0.3) is 10.1 Å². The van der Waals surface area contributed by atoms with Gasteiger partial charge in [0.15, 0.2) is 0 Å². The van der Waals surface area contributed by atoms with Crippen LogP contribution in [-0.2, 0) is 14.5 Å². The number of alkyl halides is 3. The van der Waals surface area contributed by atoms with Crippen molar-refractivity contribution in [2.24, 2.45) is 0 Å². The van der Waals surface area contributed by atoms with E-state index in [-0.39, 0.29) is 19.0 Å². The summed E-state index contributed by atoms with van der Waals surface area (Å²) in [5.41, 5.74) is 0. The molecule has 0 saturated heterocycles. The first kappa shape index (κ1) is 19.9. The lowest BCUT2D eigenvalue weighted by atomic mass is 10.1. The molecule has 0 aromatic rings. The predicted molar refractivity (Wildman–Crippen MR) is 59.4 cm³/mol. The molecule has 0 radical (unpaired) electrons. The molecule has 0 fully saturated rings. The van der Waals surface area contributed by atoms with E-state index in [1.165, 1.54) is 0 Å². The fraction of sp³-hybridized carbons (Fsp3) is 1.00. The van der Waals surface area contributed by atoms with Gasteiger partial charge in [-0.25, -0.2) is 0 Å². The zero-order chi connectivity index (χ0) is 13.4. The van der Waals surface area contributed by atoms with E-state index in [9.17, 15) is 26.1 Å². The maximum atomic E-state index is 11.7. The van der Waals surface area contributed by atoms with Crippen LogP contribution < -0.4 is 6.15 Å². The van der Waals surface area contributed by atoms with E-state index in [4.69, 9.17) is 0 Å². The molecule has 0 heterocycles. The maximum absolute atomic E-state index is 11.7. The van der Waals surface area contributed by atoms with Gasteiger partial charge < -0.3 is 6.15 Å². The molecule has 0 aliphatic carbocycles. The lowest BCUT2D eigenvalue weighted by molar-refractivity contribution is -0.135. The standard InChI is InChI=1S/C9H16F4O3S.H3N/c10-9(11,12)7-5-3-1-2-4-6-8-17(14,15)16-13;/h1-8H2;1H3. The maximum Gasteiger partial charge on any atom is 0.389 e. The van der Waals surface area contributed by atoms with Gasteiger partial charge in [0.05, 0.1) is 5.75 Å². The highest BCUT2D eigenvalue weighted by Gasteiger charge is 2.25. The zero-order valence-corrected chi connectivity index (χ0v) is 10.8. The molecule has 9 heteroatoms. The van der Waals surface area contributed by atoms with Gasteiger partial charge in [-0.3, -0.25) is 0 Å². The summed E-state index contributed by atoms with van der Waals surface area (Å²) in [5, 5.41) is 0. The fourth-order valence-electron chi connectivity index (χ4n) is 1.34. The van der Waals surface area contributed by atoms with Crippen molar-refractivity contribution in [3.05, 3.63) is 0 Å². The first-order valence-corrected chi connectivity index (χ1v) is 6.94. The second-order valence-corrected chi connectivity index (χ2v) is 5.46. The van der Waals surface area contributed by atoms with Gasteiger partial charge in [0.1, 0.15) is 0 Å². The molecule has 0 aliphatic rings. The summed E-state index contributed by atoms with van der Waals surface area (Å²) < 4.78 is 70.4. The molecule has 18 heavy (non-hydrogen) atoms. The van der Waals surface area contributed by atoms with Crippen LogP contribution in [0.4, 0.5) is 17.7 Å². The van der Waals surface area contributed by atoms with Crippen molar-refractivity contribution in [1.82, 2.24) is 6.15 Å². The summed E-state index contributed by atoms with van der Waals surface area (Å²) in [7, 11) is -4.05. The Morgan fingerprint density at radius 2 is 1.33 bits per heavy atom. The summed E-state index contributed by atoms with van der Waals surface area (Å²) >= 11 is 0. The normalized spacial score (nSPS) is 12.2. The second-order valence-electron chi connectivity index (χ2n) is 3.81. The fourth-order valence-corrected chi connectivity index (χ4v) is 1.96. The number of hydrogen-bond donors (Lipinski definition) is 1. The van der Waals surface area contributed by atoms with E-state index in [2.05, 4.69) is 4.39 Å². The molecular weight excluding hydrogens is 278 g/mol. The van der Waals surface area contributed by atoms with Crippen molar-refractivity contribution in [1.29, 1.82) is 0 Å². The van der Waals surface area contributed by atoms with E-state index >= 15 is 0 Å². The van der Waals surface area contributed by atoms with Crippen molar-refractivity contribution in [3.63, 3.8) is 0 Å². The van der Waals surface area contributed by atoms with Gasteiger partial charge in [-0.2, -0.15) is 21.6 Å². The minimum atomic E-state index is -4.10. The summed E-state index contributed by atoms with van der Waals surface area (Å²) in [6.07, 6.45) is -2.28. The average molecular weight is 297 g/mol. The Labute approximate surface area is 104 Å². The summed E-state index contributed by atoms with van der Waals surface area (Å²) in [6.45, 7) is 0. The van der Waals surface area contributed by atoms with Gasteiger partial charge in [0.2, 0.25) is 0 Å². The Bertz CT molecular complexity index is 293. The minimum absolute atomic E-state index is 0. The third-order valence-electron chi connectivity index (χ3n) is 2.20. The number of hydrogen-bond acceptors (Lipinski definition) is 4. The van der Waals surface area contributed by atoms with Crippen molar-refractivity contribution in [3.8, 4) is 0 Å². The minimum Gasteiger partial charge on any atom is -0.344 e. The lowest BCUT2D eigenvalue weighted by Gasteiger charge is -2.05. The largest absolute Gasteiger partial charge is 0.389 e. The van der Waals surface area contributed by atoms with Crippen LogP contribution in [0.3, 0.4) is 0 Å². The number of rotatable bonds is 9. The second kappa shape index (κ2) is 9.51. The molecule has 3 N–H and O–H groups in total. The third-order valence-corrected chi connectivity index (χ3v) is 3.18. The Kier molecular flexibility index (Phi) is 10.5. The molecule has 0 atom stereocenters. The Morgan fingerprint density at radius 3 is 1.78 bits per heavy atom. The van der Waals surface area contributed by atoms with Crippen LogP contribution in [0, 0.1) is 0 Å². The first-order chi connectivity index (χ1) is 7.77. The van der Waals surface area contributed by atoms with Gasteiger partial charge in [0, 0.05) is 6.42 Å². The molecule has 0 bridgehead atoms. The molecule has 0 aromatic carbocycles. The smallest absolute Gasteiger partial charge is 0.344 e. The predicted octanol–water partition coefficient (Wildman–Crippen LogP) is 3.67. The van der Waals surface area contributed by atoms with Gasteiger partial charge in [-0.15, -0.1) is 0 Å². The average Bonchev–Trinajstić information content (AvgIpc) is 2.20. The highest BCUT2D eigenvalue weighted by molar-refractivity contribution is 7.86. The van der Waals surface area contributed by atoms with E-state index in [1.807, 2.05) is 0 Å². The summed E-state index contributed by atoms with van der Waals surface area (Å²) in [6, 6.07) is 0. The molecule has 0 rings (SSSR count). The zero-order valence-electron chi connectivity index (χ0n) is 10.0. The van der Waals surface area contributed by atoms with Crippen LogP contribution in [0.15, 0.2) is 0 Å². The Hall–Kier alpha value is -0.410. The molecule has 0 spiro atoms. The third kappa shape index (κ3) is 13.7. The molecule has 0 aromatic heterocycles. The van der Waals surface area contributed by atoms with Gasteiger partial charge >= 0.3 is 6.18 Å². The van der Waals surface area contributed by atoms with E-state index in [0.29, 0.717) is 25.7 Å². The van der Waals surface area contributed by atoms with Gasteiger partial charge in [-0.05, 0) is 17.4 Å². The van der Waals surface area contributed by atoms with Crippen molar-refractivity contribution < 1.29 is 30.5 Å². The topological polar surface area (TPSA) is 78.4 Å². The van der Waals surface area contributed by atoms with Crippen LogP contribution in [0.5, 0.6) is 0 Å². The summed E-state index contributed by atoms with van der Waals surface area (Å²) in [4.78, 5) is 0. The van der Waals surface area contributed by atoms with E-state index < -0.39 is 28.5 Å². The SMILES string of the molecule is N.O=S(=O)(CCCCCCCCC(F)(F)F)OF. The van der Waals surface area contributed by atoms with Crippen LogP contribution in [0.2, 0.25) is 0 Å². The van der Waals surface area contributed by atoms with E-state index in [1.54, 1.807) is 0 Å². The highest BCUT2D eigenvalue weighted by Crippen LogP contribution is 2.23. The lowest BCUT2D eigenvalue weighted by Crippen LogP contribution is -2.06. The van der Waals surface area contributed by atoms with Crippen LogP contribution in [-0.4, -0.2) is 20.3 Å². The van der Waals surface area contributed by atoms with E-state index in [0.717, 1.165) is 0 Å². The van der Waals surface area contributed by atoms with Crippen LogP contribution in [0.1, 0.15) is 44.9 Å². The van der Waals surface area contributed by atoms with Crippen LogP contribution >= 0.6 is 0 Å². The van der Waals surface area contributed by atoms with Crippen LogP contribution in [0.25, 0.3) is 0 Å². The highest BCUT2D eigenvalue weighted by atomic mass is 32.2. The Balaban J connectivity index is 0. The summed E-state index contributed by atoms with van der Waals surface area (Å²) in [5.74, 6) is -0.397. The molecule has 112 valence electrons. The monoisotopic (exact) mass is 297 g/mol. The molecular formula is C9H19F4NO3S. The molecule has 0 unspecified atom stereocenters. The molecule has 0 saturated carbocycles. The molecule has 4 nitrogen and oxygen atoms in total. The molecule has 0 amide bonds. The Morgan fingerprint density at radius 1 is 0.889 bits per heavy atom.